The number of thiazole rings is 3. The Hall–Kier alpha value is -6.75. The van der Waals surface area contributed by atoms with E-state index in [0.717, 1.165) is 92.9 Å². The smallest absolute Gasteiger partial charge is 0.223 e. The van der Waals surface area contributed by atoms with Crippen LogP contribution in [-0.4, -0.2) is 117 Å². The third kappa shape index (κ3) is 13.9. The molecule has 0 aromatic carbocycles. The van der Waals surface area contributed by atoms with Crippen LogP contribution in [0, 0.1) is 20.8 Å². The summed E-state index contributed by atoms with van der Waals surface area (Å²) in [5.74, 6) is 1.31. The summed E-state index contributed by atoms with van der Waals surface area (Å²) in [6.07, 6.45) is 18.6. The molecule has 0 aliphatic carbocycles. The number of carbonyl (C=O) groups excluding carboxylic acids is 3. The highest BCUT2D eigenvalue weighted by atomic mass is 32.1. The van der Waals surface area contributed by atoms with E-state index in [0.29, 0.717) is 33.1 Å². The van der Waals surface area contributed by atoms with Crippen molar-refractivity contribution in [3.8, 4) is 0 Å². The molecule has 9 aromatic heterocycles. The molecular weight excluding hydrogens is 1040 g/mol. The van der Waals surface area contributed by atoms with E-state index in [1.807, 2.05) is 37.2 Å². The first-order chi connectivity index (χ1) is 37.7. The van der Waals surface area contributed by atoms with Gasteiger partial charge in [-0.1, -0.05) is 0 Å². The van der Waals surface area contributed by atoms with Gasteiger partial charge in [0.05, 0.1) is 0 Å². The number of rotatable bonds is 12. The molecule has 3 saturated heterocycles. The van der Waals surface area contributed by atoms with Crippen LogP contribution >= 0.6 is 34.0 Å². The maximum Gasteiger partial charge on any atom is 0.223 e. The molecule has 6 N–H and O–H groups in total. The van der Waals surface area contributed by atoms with E-state index in [9.17, 15) is 14.4 Å². The average molecular weight is 1110 g/mol. The van der Waals surface area contributed by atoms with Gasteiger partial charge in [-0.15, -0.1) is 34.0 Å². The Morgan fingerprint density at radius 3 is 1.08 bits per heavy atom. The van der Waals surface area contributed by atoms with Crippen molar-refractivity contribution in [2.45, 2.75) is 117 Å². The molecular formula is C57H69N15O3S3. The quantitative estimate of drug-likeness (QED) is 0.0673. The number of aromatic amines is 3. The highest BCUT2D eigenvalue weighted by Gasteiger charge is 2.27. The summed E-state index contributed by atoms with van der Waals surface area (Å²) >= 11 is 4.67. The van der Waals surface area contributed by atoms with Gasteiger partial charge in [-0.2, -0.15) is 0 Å². The topological polar surface area (TPSA) is 222 Å². The summed E-state index contributed by atoms with van der Waals surface area (Å²) in [6, 6.07) is 13.2. The van der Waals surface area contributed by atoms with Crippen LogP contribution in [0.3, 0.4) is 0 Å². The number of likely N-dealkylation sites (tertiary alicyclic amines) is 3. The number of H-pyrrole nitrogens is 3. The first kappa shape index (κ1) is 54.6. The molecule has 3 amide bonds. The number of amides is 3. The predicted octanol–water partition coefficient (Wildman–Crippen LogP) is 11.0. The van der Waals surface area contributed by atoms with Crippen molar-refractivity contribution in [1.82, 2.24) is 59.6 Å². The maximum absolute atomic E-state index is 11.2. The Morgan fingerprint density at radius 1 is 0.500 bits per heavy atom. The van der Waals surface area contributed by atoms with Crippen LogP contribution < -0.4 is 16.0 Å². The zero-order valence-corrected chi connectivity index (χ0v) is 47.7. The lowest BCUT2D eigenvalue weighted by atomic mass is 9.89. The largest absolute Gasteiger partial charge is 0.346 e. The number of aromatic nitrogens is 9. The fourth-order valence-corrected chi connectivity index (χ4v) is 14.0. The molecule has 3 atom stereocenters. The fourth-order valence-electron chi connectivity index (χ4n) is 11.3. The molecule has 21 heteroatoms. The van der Waals surface area contributed by atoms with Crippen LogP contribution in [0.5, 0.6) is 0 Å². The van der Waals surface area contributed by atoms with E-state index in [4.69, 9.17) is 15.0 Å². The molecule has 0 saturated carbocycles. The van der Waals surface area contributed by atoms with Crippen molar-refractivity contribution in [3.05, 3.63) is 122 Å². The Kier molecular flexibility index (Phi) is 17.4. The zero-order chi connectivity index (χ0) is 54.3. The van der Waals surface area contributed by atoms with Crippen molar-refractivity contribution in [3.63, 3.8) is 0 Å². The lowest BCUT2D eigenvalue weighted by Crippen LogP contribution is -2.34. The Bertz CT molecular complexity index is 3160. The highest BCUT2D eigenvalue weighted by Crippen LogP contribution is 2.35. The second-order valence-corrected chi connectivity index (χ2v) is 24.2. The summed E-state index contributed by atoms with van der Waals surface area (Å²) in [4.78, 5) is 81.1. The predicted molar refractivity (Wildman–Crippen MR) is 314 cm³/mol. The van der Waals surface area contributed by atoms with E-state index in [2.05, 4.69) is 118 Å². The van der Waals surface area contributed by atoms with E-state index in [1.54, 1.807) is 34.0 Å². The summed E-state index contributed by atoms with van der Waals surface area (Å²) in [5, 5.41) is 13.9. The van der Waals surface area contributed by atoms with Gasteiger partial charge in [0.2, 0.25) is 17.7 Å². The number of nitrogens with one attached hydrogen (secondary N) is 6. The number of piperidine rings is 3. The van der Waals surface area contributed by atoms with E-state index in [1.165, 1.54) is 107 Å². The first-order valence-electron chi connectivity index (χ1n) is 26.9. The van der Waals surface area contributed by atoms with Crippen molar-refractivity contribution in [2.75, 3.05) is 55.2 Å². The molecule has 18 nitrogen and oxygen atoms in total. The normalized spacial score (nSPS) is 18.3. The number of pyridine rings is 3. The number of aryl methyl sites for hydroxylation is 3. The third-order valence-electron chi connectivity index (χ3n) is 14.8. The number of hydrogen-bond donors (Lipinski definition) is 6. The zero-order valence-electron chi connectivity index (χ0n) is 45.2. The Balaban J connectivity index is 0.000000132. The van der Waals surface area contributed by atoms with Gasteiger partial charge < -0.3 is 30.9 Å². The Labute approximate surface area is 466 Å². The van der Waals surface area contributed by atoms with Gasteiger partial charge in [0.25, 0.3) is 0 Å². The van der Waals surface area contributed by atoms with Crippen molar-refractivity contribution in [1.29, 1.82) is 0 Å². The van der Waals surface area contributed by atoms with Crippen LogP contribution in [0.2, 0.25) is 0 Å². The van der Waals surface area contributed by atoms with Gasteiger partial charge >= 0.3 is 0 Å². The van der Waals surface area contributed by atoms with Crippen molar-refractivity contribution in [2.24, 2.45) is 0 Å². The monoisotopic (exact) mass is 1110 g/mol. The number of anilines is 3. The van der Waals surface area contributed by atoms with E-state index in [-0.39, 0.29) is 17.7 Å². The van der Waals surface area contributed by atoms with Crippen LogP contribution in [0.4, 0.5) is 15.4 Å². The molecule has 3 aliphatic heterocycles. The fraction of sp³-hybridized carbons (Fsp3) is 0.421. The van der Waals surface area contributed by atoms with E-state index >= 15 is 0 Å². The summed E-state index contributed by atoms with van der Waals surface area (Å²) in [7, 11) is 0. The van der Waals surface area contributed by atoms with Gasteiger partial charge in [0, 0.05) is 145 Å². The number of carbonyl (C=O) groups is 3. The molecule has 12 heterocycles. The van der Waals surface area contributed by atoms with Crippen molar-refractivity contribution < 1.29 is 14.4 Å². The molecule has 408 valence electrons. The standard InChI is InChI=1S/3C19H23N5OS/c3*1-12-17(8-14-5-6-20-18(14)22-12)15-4-3-7-24(10-15)11-16-9-21-19(26-16)23-13(2)25/h3*5-6,8-9,15H,3-4,7,10-11H2,1-2H3,(H,20,22)(H,21,23,25)/t2*15-;/m10./s1. The summed E-state index contributed by atoms with van der Waals surface area (Å²) in [6.45, 7) is 19.9. The minimum absolute atomic E-state index is 0.0768. The van der Waals surface area contributed by atoms with Gasteiger partial charge in [0.1, 0.15) is 16.9 Å². The minimum Gasteiger partial charge on any atom is -0.346 e. The number of nitrogens with zero attached hydrogens (tertiary/aromatic N) is 9. The summed E-state index contributed by atoms with van der Waals surface area (Å²) < 4.78 is 0. The highest BCUT2D eigenvalue weighted by molar-refractivity contribution is 7.16. The maximum atomic E-state index is 11.2. The summed E-state index contributed by atoms with van der Waals surface area (Å²) in [5.41, 5.74) is 10.4. The second kappa shape index (κ2) is 24.9. The lowest BCUT2D eigenvalue weighted by Gasteiger charge is -2.33. The SMILES string of the molecule is CC(=O)Nc1ncc(CN2CCCC(c3cc4cc[nH]c4nc3C)C2)s1.CC(=O)Nc1ncc(CN2CCC[C@@H](c3cc4cc[nH]c4nc3C)C2)s1.CC(=O)Nc1ncc(CN2CCC[C@H](c3cc4cc[nH]c4nc3C)C2)s1. The third-order valence-corrected chi connectivity index (χ3v) is 17.5. The molecule has 0 radical (unpaired) electrons. The van der Waals surface area contributed by atoms with Crippen molar-refractivity contribution >= 4 is 100 Å². The van der Waals surface area contributed by atoms with Gasteiger partial charge in [-0.25, -0.2) is 29.9 Å². The molecule has 1 unspecified atom stereocenters. The van der Waals surface area contributed by atoms with E-state index < -0.39 is 0 Å². The van der Waals surface area contributed by atoms with Crippen LogP contribution in [0.15, 0.2) is 73.6 Å². The minimum atomic E-state index is -0.0768. The molecule has 3 aliphatic rings. The molecule has 12 rings (SSSR count). The van der Waals surface area contributed by atoms with Crippen LogP contribution in [0.25, 0.3) is 33.1 Å². The van der Waals surface area contributed by atoms with Gasteiger partial charge in [-0.3, -0.25) is 29.1 Å². The lowest BCUT2D eigenvalue weighted by molar-refractivity contribution is -0.115. The molecule has 3 fully saturated rings. The molecule has 0 spiro atoms. The Morgan fingerprint density at radius 2 is 0.795 bits per heavy atom. The van der Waals surface area contributed by atoms with Crippen LogP contribution in [-0.2, 0) is 34.0 Å². The van der Waals surface area contributed by atoms with Gasteiger partial charge in [0.15, 0.2) is 15.4 Å². The molecule has 78 heavy (non-hydrogen) atoms. The second-order valence-electron chi connectivity index (χ2n) is 20.9. The first-order valence-corrected chi connectivity index (χ1v) is 29.4. The number of hydrogen-bond acceptors (Lipinski definition) is 15. The van der Waals surface area contributed by atoms with Gasteiger partial charge in [-0.05, 0) is 150 Å². The average Bonchev–Trinajstić information content (AvgIpc) is 4.33. The van der Waals surface area contributed by atoms with Crippen LogP contribution in [0.1, 0.15) is 125 Å². The molecule has 0 bridgehead atoms. The number of fused-ring (bicyclic) bond motifs is 3. The molecule has 9 aromatic rings.